The summed E-state index contributed by atoms with van der Waals surface area (Å²) in [5, 5.41) is 0.890. The molecule has 1 atom stereocenters. The summed E-state index contributed by atoms with van der Waals surface area (Å²) in [5.74, 6) is 0.624. The van der Waals surface area contributed by atoms with Gasteiger partial charge in [0.2, 0.25) is 0 Å². The van der Waals surface area contributed by atoms with Crippen molar-refractivity contribution in [1.82, 2.24) is 4.90 Å². The molecule has 6 nitrogen and oxygen atoms in total. The molecule has 1 amide bonds. The summed E-state index contributed by atoms with van der Waals surface area (Å²) < 4.78 is 35.2. The number of hydrogen-bond donors (Lipinski definition) is 0. The number of benzene rings is 1. The lowest BCUT2D eigenvalue weighted by molar-refractivity contribution is 0.0634. The van der Waals surface area contributed by atoms with Gasteiger partial charge >= 0.3 is 0 Å². The Morgan fingerprint density at radius 2 is 2.07 bits per heavy atom. The lowest BCUT2D eigenvalue weighted by Gasteiger charge is -2.26. The molecule has 0 N–H and O–H groups in total. The zero-order chi connectivity index (χ0) is 19.2. The first-order valence-corrected chi connectivity index (χ1v) is 10.7. The van der Waals surface area contributed by atoms with Crippen molar-refractivity contribution >= 4 is 26.7 Å². The van der Waals surface area contributed by atoms with Gasteiger partial charge < -0.3 is 13.7 Å². The van der Waals surface area contributed by atoms with Crippen molar-refractivity contribution in [2.24, 2.45) is 0 Å². The third kappa shape index (κ3) is 3.39. The van der Waals surface area contributed by atoms with Crippen molar-refractivity contribution in [2.75, 3.05) is 11.5 Å². The minimum atomic E-state index is -3.13. The van der Waals surface area contributed by atoms with Crippen LogP contribution in [-0.2, 0) is 16.4 Å². The number of carbonyl (C=O) groups is 1. The van der Waals surface area contributed by atoms with Gasteiger partial charge in [-0.15, -0.1) is 0 Å². The van der Waals surface area contributed by atoms with E-state index in [4.69, 9.17) is 8.83 Å². The number of sulfone groups is 1. The fraction of sp³-hybridized carbons (Fsp3) is 0.350. The molecule has 4 rings (SSSR count). The Bertz CT molecular complexity index is 1100. The van der Waals surface area contributed by atoms with E-state index in [9.17, 15) is 13.2 Å². The Kier molecular flexibility index (Phi) is 4.34. The van der Waals surface area contributed by atoms with Crippen molar-refractivity contribution in [3.8, 4) is 0 Å². The van der Waals surface area contributed by atoms with Gasteiger partial charge in [0.25, 0.3) is 5.91 Å². The van der Waals surface area contributed by atoms with E-state index in [1.807, 2.05) is 32.0 Å². The van der Waals surface area contributed by atoms with Gasteiger partial charge in [-0.2, -0.15) is 0 Å². The highest BCUT2D eigenvalue weighted by Crippen LogP contribution is 2.29. The summed E-state index contributed by atoms with van der Waals surface area (Å²) >= 11 is 0. The zero-order valence-electron chi connectivity index (χ0n) is 15.3. The summed E-state index contributed by atoms with van der Waals surface area (Å²) in [6.07, 6.45) is 1.96. The average molecular weight is 387 g/mol. The third-order valence-corrected chi connectivity index (χ3v) is 6.85. The van der Waals surface area contributed by atoms with Gasteiger partial charge in [0.05, 0.1) is 24.3 Å². The standard InChI is InChI=1S/C20H21NO5S/c1-13-5-6-17-14(2)19(26-18(17)10-13)20(22)21(11-16-4-3-8-25-16)15-7-9-27(23,24)12-15/h3-6,8,10,15H,7,9,11-12H2,1-2H3. The molecule has 1 fully saturated rings. The van der Waals surface area contributed by atoms with Gasteiger partial charge in [-0.25, -0.2) is 8.42 Å². The minimum Gasteiger partial charge on any atom is -0.467 e. The van der Waals surface area contributed by atoms with E-state index < -0.39 is 9.84 Å². The fourth-order valence-corrected chi connectivity index (χ4v) is 5.36. The summed E-state index contributed by atoms with van der Waals surface area (Å²) in [4.78, 5) is 14.9. The third-order valence-electron chi connectivity index (χ3n) is 5.10. The maximum absolute atomic E-state index is 13.3. The maximum atomic E-state index is 13.3. The first kappa shape index (κ1) is 17.9. The summed E-state index contributed by atoms with van der Waals surface area (Å²) in [6.45, 7) is 4.03. The Balaban J connectivity index is 1.73. The van der Waals surface area contributed by atoms with E-state index >= 15 is 0 Å². The average Bonchev–Trinajstić information content (AvgIpc) is 3.32. The number of rotatable bonds is 4. The molecule has 1 saturated heterocycles. The quantitative estimate of drug-likeness (QED) is 0.685. The molecule has 142 valence electrons. The van der Waals surface area contributed by atoms with Crippen LogP contribution in [0.3, 0.4) is 0 Å². The van der Waals surface area contributed by atoms with Crippen LogP contribution in [0.2, 0.25) is 0 Å². The van der Waals surface area contributed by atoms with Crippen LogP contribution in [0.1, 0.15) is 33.9 Å². The van der Waals surface area contributed by atoms with Crippen LogP contribution in [0.25, 0.3) is 11.0 Å². The molecule has 7 heteroatoms. The normalized spacial score (nSPS) is 18.8. The molecule has 1 aromatic carbocycles. The Morgan fingerprint density at radius 3 is 2.74 bits per heavy atom. The largest absolute Gasteiger partial charge is 0.467 e. The number of nitrogens with zero attached hydrogens (tertiary/aromatic N) is 1. The number of carbonyl (C=O) groups excluding carboxylic acids is 1. The van der Waals surface area contributed by atoms with Crippen molar-refractivity contribution in [3.63, 3.8) is 0 Å². The number of furan rings is 2. The van der Waals surface area contributed by atoms with E-state index in [0.29, 0.717) is 17.8 Å². The van der Waals surface area contributed by atoms with E-state index in [0.717, 1.165) is 16.5 Å². The Labute approximate surface area is 157 Å². The van der Waals surface area contributed by atoms with Crippen molar-refractivity contribution in [1.29, 1.82) is 0 Å². The summed E-state index contributed by atoms with van der Waals surface area (Å²) in [5.41, 5.74) is 2.47. The summed E-state index contributed by atoms with van der Waals surface area (Å²) in [6, 6.07) is 8.95. The van der Waals surface area contributed by atoms with E-state index in [1.165, 1.54) is 0 Å². The molecule has 3 heterocycles. The lowest BCUT2D eigenvalue weighted by atomic mass is 10.1. The SMILES string of the molecule is Cc1ccc2c(C)c(C(=O)N(Cc3ccco3)C3CCS(=O)(=O)C3)oc2c1. The van der Waals surface area contributed by atoms with E-state index in [1.54, 1.807) is 23.3 Å². The molecular formula is C20H21NO5S. The first-order chi connectivity index (χ1) is 12.8. The number of fused-ring (bicyclic) bond motifs is 1. The van der Waals surface area contributed by atoms with Gasteiger partial charge in [-0.1, -0.05) is 12.1 Å². The van der Waals surface area contributed by atoms with Crippen LogP contribution in [-0.4, -0.2) is 36.8 Å². The monoisotopic (exact) mass is 387 g/mol. The molecular weight excluding hydrogens is 366 g/mol. The predicted octanol–water partition coefficient (Wildman–Crippen LogP) is 3.47. The molecule has 0 saturated carbocycles. The van der Waals surface area contributed by atoms with E-state index in [-0.39, 0.29) is 35.8 Å². The van der Waals surface area contributed by atoms with E-state index in [2.05, 4.69) is 0 Å². The highest BCUT2D eigenvalue weighted by atomic mass is 32.2. The number of aryl methyl sites for hydroxylation is 2. The molecule has 1 aliphatic heterocycles. The van der Waals surface area contributed by atoms with Gasteiger partial charge in [-0.05, 0) is 44.0 Å². The highest BCUT2D eigenvalue weighted by molar-refractivity contribution is 7.91. The molecule has 3 aromatic rings. The van der Waals surface area contributed by atoms with Gasteiger partial charge in [0.15, 0.2) is 15.6 Å². The second-order valence-corrected chi connectivity index (χ2v) is 9.35. The predicted molar refractivity (Wildman–Crippen MR) is 101 cm³/mol. The lowest BCUT2D eigenvalue weighted by Crippen LogP contribution is -2.40. The number of hydrogen-bond acceptors (Lipinski definition) is 5. The van der Waals surface area contributed by atoms with Crippen molar-refractivity contribution in [2.45, 2.75) is 32.9 Å². The minimum absolute atomic E-state index is 0.0299. The van der Waals surface area contributed by atoms with Crippen LogP contribution in [0, 0.1) is 13.8 Å². The molecule has 2 aromatic heterocycles. The van der Waals surface area contributed by atoms with Gasteiger partial charge in [-0.3, -0.25) is 4.79 Å². The molecule has 0 aliphatic carbocycles. The van der Waals surface area contributed by atoms with Crippen LogP contribution in [0.15, 0.2) is 45.4 Å². The second-order valence-electron chi connectivity index (χ2n) is 7.13. The molecule has 0 bridgehead atoms. The molecule has 1 unspecified atom stereocenters. The first-order valence-electron chi connectivity index (χ1n) is 8.87. The van der Waals surface area contributed by atoms with Crippen LogP contribution in [0.4, 0.5) is 0 Å². The zero-order valence-corrected chi connectivity index (χ0v) is 16.1. The van der Waals surface area contributed by atoms with Gasteiger partial charge in [0, 0.05) is 17.0 Å². The van der Waals surface area contributed by atoms with Crippen molar-refractivity contribution in [3.05, 3.63) is 59.2 Å². The molecule has 0 spiro atoms. The topological polar surface area (TPSA) is 80.7 Å². The summed E-state index contributed by atoms with van der Waals surface area (Å²) in [7, 11) is -3.13. The second kappa shape index (κ2) is 6.56. The fourth-order valence-electron chi connectivity index (χ4n) is 3.63. The van der Waals surface area contributed by atoms with Gasteiger partial charge in [0.1, 0.15) is 11.3 Å². The maximum Gasteiger partial charge on any atom is 0.290 e. The number of amides is 1. The van der Waals surface area contributed by atoms with Crippen LogP contribution in [0.5, 0.6) is 0 Å². The Morgan fingerprint density at radius 1 is 1.26 bits per heavy atom. The molecule has 27 heavy (non-hydrogen) atoms. The Hall–Kier alpha value is -2.54. The highest BCUT2D eigenvalue weighted by Gasteiger charge is 2.37. The molecule has 1 aliphatic rings. The molecule has 0 radical (unpaired) electrons. The van der Waals surface area contributed by atoms with Crippen molar-refractivity contribution < 1.29 is 22.0 Å². The smallest absolute Gasteiger partial charge is 0.290 e. The van der Waals surface area contributed by atoms with Crippen LogP contribution >= 0.6 is 0 Å². The van der Waals surface area contributed by atoms with Crippen LogP contribution < -0.4 is 0 Å².